The third-order valence-electron chi connectivity index (χ3n) is 1.13. The van der Waals surface area contributed by atoms with Crippen molar-refractivity contribution in [3.8, 4) is 0 Å². The Kier molecular flexibility index (Phi) is 5.68. The lowest BCUT2D eigenvalue weighted by atomic mass is 10.9. The first-order valence-electron chi connectivity index (χ1n) is 4.54. The van der Waals surface area contributed by atoms with Gasteiger partial charge < -0.3 is 17.7 Å². The zero-order valence-electron chi connectivity index (χ0n) is 9.56. The maximum absolute atomic E-state index is 10.8. The van der Waals surface area contributed by atoms with Crippen LogP contribution in [-0.4, -0.2) is 33.6 Å². The Morgan fingerprint density at radius 1 is 0.875 bits per heavy atom. The topological polar surface area (TPSA) is 88.1 Å². The van der Waals surface area contributed by atoms with Crippen molar-refractivity contribution < 1.29 is 32.1 Å². The molecule has 0 aromatic rings. The van der Waals surface area contributed by atoms with Gasteiger partial charge in [0.15, 0.2) is 0 Å². The fourth-order valence-corrected chi connectivity index (χ4v) is 2.57. The zero-order valence-corrected chi connectivity index (χ0v) is 10.6. The zero-order chi connectivity index (χ0) is 12.8. The summed E-state index contributed by atoms with van der Waals surface area (Å²) in [7, 11) is -4.03. The molecule has 0 saturated heterocycles. The highest BCUT2D eigenvalue weighted by Crippen LogP contribution is 2.13. The quantitative estimate of drug-likeness (QED) is 0.641. The molecule has 0 aliphatic heterocycles. The molecule has 16 heavy (non-hydrogen) atoms. The smallest absolute Gasteiger partial charge is 0.433 e. The van der Waals surface area contributed by atoms with Gasteiger partial charge in [0.05, 0.1) is 0 Å². The van der Waals surface area contributed by atoms with Gasteiger partial charge in [-0.25, -0.2) is 0 Å². The third-order valence-corrected chi connectivity index (χ3v) is 3.38. The van der Waals surface area contributed by atoms with E-state index in [0.29, 0.717) is 0 Å². The molecule has 92 valence electrons. The van der Waals surface area contributed by atoms with E-state index in [4.69, 9.17) is 17.7 Å². The molecule has 0 saturated carbocycles. The Labute approximate surface area is 94.1 Å². The number of hydrogen-bond acceptors (Lipinski definition) is 7. The summed E-state index contributed by atoms with van der Waals surface area (Å²) < 4.78 is 19.0. The van der Waals surface area contributed by atoms with Crippen LogP contribution in [0.5, 0.6) is 0 Å². The van der Waals surface area contributed by atoms with E-state index in [9.17, 15) is 14.4 Å². The van der Waals surface area contributed by atoms with Crippen LogP contribution in [0.1, 0.15) is 27.7 Å². The van der Waals surface area contributed by atoms with Gasteiger partial charge in [0.1, 0.15) is 0 Å². The van der Waals surface area contributed by atoms with Crippen LogP contribution >= 0.6 is 0 Å². The molecule has 0 atom stereocenters. The van der Waals surface area contributed by atoms with E-state index in [0.717, 1.165) is 20.8 Å². The molecule has 0 bridgehead atoms. The maximum atomic E-state index is 10.8. The molecule has 0 amide bonds. The van der Waals surface area contributed by atoms with Gasteiger partial charge in [-0.2, -0.15) is 0 Å². The number of rotatable bonds is 5. The Morgan fingerprint density at radius 2 is 1.19 bits per heavy atom. The average molecular weight is 250 g/mol. The first kappa shape index (κ1) is 14.6. The highest BCUT2D eigenvalue weighted by Gasteiger charge is 2.57. The summed E-state index contributed by atoms with van der Waals surface area (Å²) >= 11 is 0. The van der Waals surface area contributed by atoms with E-state index in [-0.39, 0.29) is 6.61 Å². The van der Waals surface area contributed by atoms with Gasteiger partial charge in [0.25, 0.3) is 17.9 Å². The van der Waals surface area contributed by atoms with Crippen molar-refractivity contribution in [3.05, 3.63) is 0 Å². The second kappa shape index (κ2) is 6.23. The summed E-state index contributed by atoms with van der Waals surface area (Å²) in [6, 6.07) is 0. The lowest BCUT2D eigenvalue weighted by Crippen LogP contribution is -2.52. The van der Waals surface area contributed by atoms with Crippen molar-refractivity contribution in [1.82, 2.24) is 0 Å². The minimum atomic E-state index is -4.03. The van der Waals surface area contributed by atoms with Gasteiger partial charge >= 0.3 is 9.05 Å². The van der Waals surface area contributed by atoms with Crippen molar-refractivity contribution in [1.29, 1.82) is 0 Å². The number of hydrogen-bond donors (Lipinski definition) is 0. The van der Waals surface area contributed by atoms with Crippen LogP contribution in [0, 0.1) is 0 Å². The lowest BCUT2D eigenvalue weighted by Gasteiger charge is -2.23. The number of carbonyl (C=O) groups excluding carboxylic acids is 3. The van der Waals surface area contributed by atoms with Crippen molar-refractivity contribution in [2.45, 2.75) is 27.7 Å². The normalized spacial score (nSPS) is 10.5. The molecule has 0 heterocycles. The van der Waals surface area contributed by atoms with Crippen molar-refractivity contribution in [2.24, 2.45) is 0 Å². The number of carbonyl (C=O) groups is 3. The Bertz CT molecular complexity index is 247. The van der Waals surface area contributed by atoms with Gasteiger partial charge in [-0.3, -0.25) is 14.4 Å². The molecule has 0 aliphatic carbocycles. The molecule has 0 aromatic heterocycles. The third kappa shape index (κ3) is 5.46. The Hall–Kier alpha value is -1.41. The summed E-state index contributed by atoms with van der Waals surface area (Å²) in [5.74, 6) is -2.28. The highest BCUT2D eigenvalue weighted by atomic mass is 28.4. The highest BCUT2D eigenvalue weighted by molar-refractivity contribution is 6.59. The molecule has 7 nitrogen and oxygen atoms in total. The summed E-state index contributed by atoms with van der Waals surface area (Å²) in [5.41, 5.74) is 0. The monoisotopic (exact) mass is 250 g/mol. The molecule has 0 N–H and O–H groups in total. The first-order valence-corrected chi connectivity index (χ1v) is 6.17. The predicted octanol–water partition coefficient (Wildman–Crippen LogP) is 0.148. The summed E-state index contributed by atoms with van der Waals surface area (Å²) in [4.78, 5) is 32.5. The second-order valence-corrected chi connectivity index (χ2v) is 4.61. The van der Waals surface area contributed by atoms with Gasteiger partial charge in [0.2, 0.25) is 0 Å². The molecule has 0 aliphatic rings. The van der Waals surface area contributed by atoms with Crippen LogP contribution in [0.2, 0.25) is 0 Å². The fourth-order valence-electron chi connectivity index (χ4n) is 0.856. The fraction of sp³-hybridized carbons (Fsp3) is 0.625. The Balaban J connectivity index is 4.93. The Morgan fingerprint density at radius 3 is 1.38 bits per heavy atom. The molecule has 0 fully saturated rings. The summed E-state index contributed by atoms with van der Waals surface area (Å²) in [6.07, 6.45) is 0. The summed E-state index contributed by atoms with van der Waals surface area (Å²) in [6.45, 7) is 4.92. The van der Waals surface area contributed by atoms with Gasteiger partial charge in [-0.15, -0.1) is 0 Å². The van der Waals surface area contributed by atoms with Crippen LogP contribution in [0.4, 0.5) is 0 Å². The predicted molar refractivity (Wildman–Crippen MR) is 52.7 cm³/mol. The van der Waals surface area contributed by atoms with Crippen LogP contribution in [0.3, 0.4) is 0 Å². The largest absolute Gasteiger partial charge is 0.899 e. The van der Waals surface area contributed by atoms with Gasteiger partial charge in [0, 0.05) is 27.4 Å². The standard InChI is InChI=1S/C8H14O7Si/c1-5-12-16(13-6(2)9,14-7(3)10)15-8(4)11/h5H2,1-4H3. The molecule has 0 rings (SSSR count). The molecule has 0 spiro atoms. The molecular formula is C8H14O7Si. The van der Waals surface area contributed by atoms with E-state index in [1.807, 2.05) is 0 Å². The summed E-state index contributed by atoms with van der Waals surface area (Å²) in [5, 5.41) is 0. The molecular weight excluding hydrogens is 236 g/mol. The average Bonchev–Trinajstić information content (AvgIpc) is 1.98. The SMILES string of the molecule is CCO[Si](OC(C)=O)(OC(C)=O)OC(C)=O. The van der Waals surface area contributed by atoms with E-state index in [1.54, 1.807) is 6.92 Å². The minimum absolute atomic E-state index is 0.0695. The minimum Gasteiger partial charge on any atom is -0.433 e. The van der Waals surface area contributed by atoms with Crippen LogP contribution in [-0.2, 0) is 32.1 Å². The van der Waals surface area contributed by atoms with Crippen LogP contribution < -0.4 is 0 Å². The van der Waals surface area contributed by atoms with Gasteiger partial charge in [-0.1, -0.05) is 0 Å². The lowest BCUT2D eigenvalue weighted by molar-refractivity contribution is -0.155. The van der Waals surface area contributed by atoms with Gasteiger partial charge in [-0.05, 0) is 6.92 Å². The van der Waals surface area contributed by atoms with E-state index >= 15 is 0 Å². The van der Waals surface area contributed by atoms with Crippen LogP contribution in [0.25, 0.3) is 0 Å². The van der Waals surface area contributed by atoms with Crippen molar-refractivity contribution in [3.63, 3.8) is 0 Å². The molecule has 8 heteroatoms. The van der Waals surface area contributed by atoms with Crippen molar-refractivity contribution >= 4 is 27.0 Å². The molecule has 0 aromatic carbocycles. The molecule has 0 radical (unpaired) electrons. The van der Waals surface area contributed by atoms with E-state index < -0.39 is 27.0 Å². The van der Waals surface area contributed by atoms with Crippen molar-refractivity contribution in [2.75, 3.05) is 6.61 Å². The van der Waals surface area contributed by atoms with Crippen LogP contribution in [0.15, 0.2) is 0 Å². The second-order valence-electron chi connectivity index (χ2n) is 2.71. The van der Waals surface area contributed by atoms with E-state index in [2.05, 4.69) is 0 Å². The first-order chi connectivity index (χ1) is 7.31. The maximum Gasteiger partial charge on any atom is 0.899 e. The van der Waals surface area contributed by atoms with E-state index in [1.165, 1.54) is 0 Å². The molecule has 0 unspecified atom stereocenters.